The number of carbonyl (C=O) groups excluding carboxylic acids is 1. The number of sulfonamides is 1. The van der Waals surface area contributed by atoms with E-state index in [1.54, 1.807) is 12.1 Å². The van der Waals surface area contributed by atoms with Gasteiger partial charge >= 0.3 is 0 Å². The number of nitrogens with one attached hydrogen (secondary N) is 1. The third kappa shape index (κ3) is 4.72. The molecule has 1 heterocycles. The quantitative estimate of drug-likeness (QED) is 0.856. The van der Waals surface area contributed by atoms with Crippen molar-refractivity contribution in [1.29, 1.82) is 0 Å². The fraction of sp³-hybridized carbons (Fsp3) is 0.611. The molecular weight excluding hydrogens is 324 g/mol. The van der Waals surface area contributed by atoms with Gasteiger partial charge in [0.15, 0.2) is 0 Å². The zero-order valence-corrected chi connectivity index (χ0v) is 15.8. The van der Waals surface area contributed by atoms with Gasteiger partial charge in [0, 0.05) is 18.2 Å². The van der Waals surface area contributed by atoms with E-state index >= 15 is 0 Å². The molecule has 0 saturated carbocycles. The lowest BCUT2D eigenvalue weighted by atomic mass is 10.00. The Morgan fingerprint density at radius 2 is 1.96 bits per heavy atom. The second-order valence-corrected chi connectivity index (χ2v) is 9.03. The summed E-state index contributed by atoms with van der Waals surface area (Å²) in [4.78, 5) is 12.4. The topological polar surface area (TPSA) is 66.5 Å². The zero-order chi connectivity index (χ0) is 17.9. The van der Waals surface area contributed by atoms with Crippen LogP contribution < -0.4 is 9.62 Å². The van der Waals surface area contributed by atoms with E-state index in [0.717, 1.165) is 31.2 Å². The lowest BCUT2D eigenvalue weighted by molar-refractivity contribution is 0.0937. The Hall–Kier alpha value is -1.56. The summed E-state index contributed by atoms with van der Waals surface area (Å²) in [7, 11) is -3.27. The third-order valence-corrected chi connectivity index (χ3v) is 5.55. The van der Waals surface area contributed by atoms with Crippen molar-refractivity contribution in [2.45, 2.75) is 52.5 Å². The molecule has 0 aliphatic carbocycles. The Morgan fingerprint density at radius 3 is 2.58 bits per heavy atom. The molecule has 0 spiro atoms. The van der Waals surface area contributed by atoms with Crippen LogP contribution in [0, 0.1) is 5.92 Å². The van der Waals surface area contributed by atoms with E-state index in [9.17, 15) is 13.2 Å². The first kappa shape index (κ1) is 18.8. The van der Waals surface area contributed by atoms with Crippen molar-refractivity contribution in [2.75, 3.05) is 17.1 Å². The Balaban J connectivity index is 2.12. The van der Waals surface area contributed by atoms with Crippen molar-refractivity contribution in [3.8, 4) is 0 Å². The Kier molecular flexibility index (Phi) is 5.91. The van der Waals surface area contributed by atoms with Gasteiger partial charge in [0.05, 0.1) is 11.9 Å². The Bertz CT molecular complexity index is 698. The fourth-order valence-corrected chi connectivity index (χ4v) is 4.01. The van der Waals surface area contributed by atoms with Crippen molar-refractivity contribution < 1.29 is 13.2 Å². The summed E-state index contributed by atoms with van der Waals surface area (Å²) in [6, 6.07) is 5.43. The molecule has 24 heavy (non-hydrogen) atoms. The number of anilines is 1. The zero-order valence-electron chi connectivity index (χ0n) is 15.0. The van der Waals surface area contributed by atoms with E-state index in [0.29, 0.717) is 23.7 Å². The van der Waals surface area contributed by atoms with Crippen LogP contribution in [0.15, 0.2) is 18.2 Å². The van der Waals surface area contributed by atoms with Gasteiger partial charge in [-0.15, -0.1) is 0 Å². The second kappa shape index (κ2) is 7.55. The second-order valence-electron chi connectivity index (χ2n) is 7.13. The standard InChI is InChI=1S/C18H28N2O3S/c1-13(2)7-8-14(3)19-18(21)16-9-10-17-15(12-16)6-5-11-20(17)24(4,22)23/h9-10,12-14H,5-8,11H2,1-4H3,(H,19,21). The van der Waals surface area contributed by atoms with Crippen molar-refractivity contribution in [1.82, 2.24) is 5.32 Å². The first-order valence-electron chi connectivity index (χ1n) is 8.60. The van der Waals surface area contributed by atoms with Crippen LogP contribution in [0.4, 0.5) is 5.69 Å². The average molecular weight is 353 g/mol. The smallest absolute Gasteiger partial charge is 0.251 e. The number of carbonyl (C=O) groups is 1. The van der Waals surface area contributed by atoms with Gasteiger partial charge in [-0.25, -0.2) is 8.42 Å². The van der Waals surface area contributed by atoms with Crippen LogP contribution in [0.1, 0.15) is 56.0 Å². The summed E-state index contributed by atoms with van der Waals surface area (Å²) in [5.41, 5.74) is 2.22. The number of rotatable bonds is 6. The molecule has 1 unspecified atom stereocenters. The monoisotopic (exact) mass is 352 g/mol. The summed E-state index contributed by atoms with van der Waals surface area (Å²) < 4.78 is 25.2. The van der Waals surface area contributed by atoms with Crippen molar-refractivity contribution in [2.24, 2.45) is 5.92 Å². The van der Waals surface area contributed by atoms with Crippen molar-refractivity contribution in [3.05, 3.63) is 29.3 Å². The molecule has 0 radical (unpaired) electrons. The minimum absolute atomic E-state index is 0.0921. The van der Waals surface area contributed by atoms with Crippen LogP contribution in [-0.4, -0.2) is 33.2 Å². The first-order valence-corrected chi connectivity index (χ1v) is 10.4. The van der Waals surface area contributed by atoms with E-state index < -0.39 is 10.0 Å². The predicted molar refractivity (Wildman–Crippen MR) is 98.0 cm³/mol. The van der Waals surface area contributed by atoms with Gasteiger partial charge in [0.25, 0.3) is 5.91 Å². The van der Waals surface area contributed by atoms with Gasteiger partial charge in [0.1, 0.15) is 0 Å². The maximum atomic E-state index is 12.4. The van der Waals surface area contributed by atoms with E-state index in [-0.39, 0.29) is 11.9 Å². The third-order valence-electron chi connectivity index (χ3n) is 4.37. The number of nitrogens with zero attached hydrogens (tertiary/aromatic N) is 1. The van der Waals surface area contributed by atoms with Crippen LogP contribution in [0.2, 0.25) is 0 Å². The molecule has 1 aliphatic rings. The highest BCUT2D eigenvalue weighted by Crippen LogP contribution is 2.29. The maximum absolute atomic E-state index is 12.4. The summed E-state index contributed by atoms with van der Waals surface area (Å²) >= 11 is 0. The highest BCUT2D eigenvalue weighted by Gasteiger charge is 2.24. The molecule has 0 bridgehead atoms. The van der Waals surface area contributed by atoms with Gasteiger partial charge in [-0.3, -0.25) is 9.10 Å². The van der Waals surface area contributed by atoms with Crippen LogP contribution >= 0.6 is 0 Å². The van der Waals surface area contributed by atoms with Crippen LogP contribution in [-0.2, 0) is 16.4 Å². The largest absolute Gasteiger partial charge is 0.350 e. The number of amides is 1. The number of hydrogen-bond acceptors (Lipinski definition) is 3. The van der Waals surface area contributed by atoms with E-state index in [4.69, 9.17) is 0 Å². The molecule has 1 aromatic rings. The molecule has 0 saturated heterocycles. The summed E-state index contributed by atoms with van der Waals surface area (Å²) in [5.74, 6) is 0.528. The summed E-state index contributed by atoms with van der Waals surface area (Å²) in [5, 5.41) is 3.03. The number of fused-ring (bicyclic) bond motifs is 1. The molecule has 0 fully saturated rings. The molecule has 5 nitrogen and oxygen atoms in total. The molecule has 1 atom stereocenters. The van der Waals surface area contributed by atoms with E-state index in [1.165, 1.54) is 10.6 Å². The normalized spacial score (nSPS) is 16.0. The lowest BCUT2D eigenvalue weighted by Gasteiger charge is -2.29. The maximum Gasteiger partial charge on any atom is 0.251 e. The SMILES string of the molecule is CC(C)CCC(C)NC(=O)c1ccc2c(c1)CCCN2S(C)(=O)=O. The van der Waals surface area contributed by atoms with Gasteiger partial charge in [-0.2, -0.15) is 0 Å². The Labute approximate surface area is 145 Å². The lowest BCUT2D eigenvalue weighted by Crippen LogP contribution is -2.35. The number of benzene rings is 1. The highest BCUT2D eigenvalue weighted by molar-refractivity contribution is 7.92. The van der Waals surface area contributed by atoms with Crippen LogP contribution in [0.3, 0.4) is 0 Å². The molecule has 1 aromatic carbocycles. The molecule has 1 N–H and O–H groups in total. The van der Waals surface area contributed by atoms with Gasteiger partial charge in [0.2, 0.25) is 10.0 Å². The molecule has 1 aliphatic heterocycles. The first-order chi connectivity index (χ1) is 11.2. The van der Waals surface area contributed by atoms with Gasteiger partial charge in [-0.1, -0.05) is 13.8 Å². The van der Waals surface area contributed by atoms with E-state index in [1.807, 2.05) is 13.0 Å². The number of hydrogen-bond donors (Lipinski definition) is 1. The molecule has 134 valence electrons. The van der Waals surface area contributed by atoms with Crippen molar-refractivity contribution in [3.63, 3.8) is 0 Å². The summed E-state index contributed by atoms with van der Waals surface area (Å²) in [6.07, 6.45) is 4.82. The molecule has 2 rings (SSSR count). The summed E-state index contributed by atoms with van der Waals surface area (Å²) in [6.45, 7) is 6.87. The Morgan fingerprint density at radius 1 is 1.25 bits per heavy atom. The molecule has 1 amide bonds. The van der Waals surface area contributed by atoms with Crippen molar-refractivity contribution >= 4 is 21.6 Å². The minimum atomic E-state index is -3.27. The van der Waals surface area contributed by atoms with Gasteiger partial charge in [-0.05, 0) is 62.3 Å². The highest BCUT2D eigenvalue weighted by atomic mass is 32.2. The molecule has 0 aromatic heterocycles. The number of aryl methyl sites for hydroxylation is 1. The molecular formula is C18H28N2O3S. The predicted octanol–water partition coefficient (Wildman–Crippen LogP) is 2.95. The van der Waals surface area contributed by atoms with Crippen LogP contribution in [0.25, 0.3) is 0 Å². The van der Waals surface area contributed by atoms with Crippen LogP contribution in [0.5, 0.6) is 0 Å². The minimum Gasteiger partial charge on any atom is -0.350 e. The average Bonchev–Trinajstić information content (AvgIpc) is 2.50. The van der Waals surface area contributed by atoms with Gasteiger partial charge < -0.3 is 5.32 Å². The fourth-order valence-electron chi connectivity index (χ4n) is 3.01. The van der Waals surface area contributed by atoms with E-state index in [2.05, 4.69) is 19.2 Å². The molecule has 6 heteroatoms.